The predicted octanol–water partition coefficient (Wildman–Crippen LogP) is 1.63. The number of benzene rings is 2. The van der Waals surface area contributed by atoms with E-state index in [1.165, 1.54) is 12.1 Å². The van der Waals surface area contributed by atoms with Crippen LogP contribution in [-0.4, -0.2) is 24.6 Å². The Morgan fingerprint density at radius 3 is 2.43 bits per heavy atom. The van der Waals surface area contributed by atoms with E-state index >= 15 is 0 Å². The number of nitrogens with one attached hydrogen (secondary N) is 2. The van der Waals surface area contributed by atoms with Crippen LogP contribution in [0.15, 0.2) is 59.7 Å². The van der Waals surface area contributed by atoms with Gasteiger partial charge in [-0.25, -0.2) is 9.82 Å². The molecule has 0 aromatic heterocycles. The minimum absolute atomic E-state index is 0.220. The number of hydrogen-bond donors (Lipinski definition) is 2. The van der Waals surface area contributed by atoms with Gasteiger partial charge in [0.1, 0.15) is 5.82 Å². The molecule has 2 aromatic carbocycles. The highest BCUT2D eigenvalue weighted by Gasteiger charge is 2.11. The molecule has 0 radical (unpaired) electrons. The number of carbonyl (C=O) groups excluding carboxylic acids is 2. The van der Waals surface area contributed by atoms with Crippen molar-refractivity contribution < 1.29 is 14.0 Å². The van der Waals surface area contributed by atoms with Crippen molar-refractivity contribution in [2.24, 2.45) is 5.10 Å². The van der Waals surface area contributed by atoms with E-state index in [2.05, 4.69) is 15.8 Å². The summed E-state index contributed by atoms with van der Waals surface area (Å²) in [5.41, 5.74) is 3.34. The van der Waals surface area contributed by atoms with Gasteiger partial charge in [-0.1, -0.05) is 48.5 Å². The van der Waals surface area contributed by atoms with E-state index in [9.17, 15) is 14.0 Å². The summed E-state index contributed by atoms with van der Waals surface area (Å²) in [5, 5.41) is 6.06. The first kappa shape index (κ1) is 16.4. The molecule has 2 aromatic rings. The topological polar surface area (TPSA) is 70.6 Å². The second kappa shape index (κ2) is 8.43. The molecule has 0 saturated carbocycles. The van der Waals surface area contributed by atoms with Crippen LogP contribution < -0.4 is 10.7 Å². The standard InChI is InChI=1S/C17H16FN3O2/c18-15-9-5-4-8-14(15)12-20-21-17(23)16(22)19-11-10-13-6-2-1-3-7-13/h1-9,12H,10-11H2,(H,19,22)(H,21,23)/b20-12+. The highest BCUT2D eigenvalue weighted by molar-refractivity contribution is 6.35. The number of halogens is 1. The summed E-state index contributed by atoms with van der Waals surface area (Å²) < 4.78 is 13.3. The molecule has 0 saturated heterocycles. The van der Waals surface area contributed by atoms with Crippen molar-refractivity contribution >= 4 is 18.0 Å². The molecule has 2 N–H and O–H groups in total. The molecule has 2 rings (SSSR count). The van der Waals surface area contributed by atoms with Gasteiger partial charge in [0.05, 0.1) is 6.21 Å². The van der Waals surface area contributed by atoms with Crippen LogP contribution in [0.25, 0.3) is 0 Å². The number of amides is 2. The van der Waals surface area contributed by atoms with Crippen LogP contribution in [0, 0.1) is 5.82 Å². The number of hydrazone groups is 1. The predicted molar refractivity (Wildman–Crippen MR) is 85.3 cm³/mol. The lowest BCUT2D eigenvalue weighted by Gasteiger charge is -2.04. The maximum atomic E-state index is 13.3. The number of hydrogen-bond acceptors (Lipinski definition) is 3. The molecule has 0 atom stereocenters. The minimum atomic E-state index is -0.898. The van der Waals surface area contributed by atoms with Crippen molar-refractivity contribution in [1.82, 2.24) is 10.7 Å². The normalized spacial score (nSPS) is 10.5. The van der Waals surface area contributed by atoms with E-state index in [-0.39, 0.29) is 5.56 Å². The Labute approximate surface area is 133 Å². The van der Waals surface area contributed by atoms with Gasteiger partial charge in [0.15, 0.2) is 0 Å². The molecular weight excluding hydrogens is 297 g/mol. The third-order valence-corrected chi connectivity index (χ3v) is 3.02. The molecule has 0 aliphatic rings. The lowest BCUT2D eigenvalue weighted by molar-refractivity contribution is -0.139. The van der Waals surface area contributed by atoms with Crippen molar-refractivity contribution in [3.8, 4) is 0 Å². The van der Waals surface area contributed by atoms with E-state index in [0.29, 0.717) is 13.0 Å². The Bertz CT molecular complexity index is 702. The average Bonchev–Trinajstić information content (AvgIpc) is 2.57. The Morgan fingerprint density at radius 2 is 1.70 bits per heavy atom. The largest absolute Gasteiger partial charge is 0.347 e. The van der Waals surface area contributed by atoms with E-state index in [0.717, 1.165) is 11.8 Å². The fourth-order valence-electron chi connectivity index (χ4n) is 1.84. The maximum Gasteiger partial charge on any atom is 0.329 e. The van der Waals surface area contributed by atoms with Crippen LogP contribution in [0.3, 0.4) is 0 Å². The third kappa shape index (κ3) is 5.35. The highest BCUT2D eigenvalue weighted by atomic mass is 19.1. The highest BCUT2D eigenvalue weighted by Crippen LogP contribution is 2.02. The summed E-state index contributed by atoms with van der Waals surface area (Å²) in [7, 11) is 0. The van der Waals surface area contributed by atoms with Gasteiger partial charge < -0.3 is 5.32 Å². The molecule has 0 bridgehead atoms. The second-order valence-corrected chi connectivity index (χ2v) is 4.71. The van der Waals surface area contributed by atoms with Crippen LogP contribution in [0.5, 0.6) is 0 Å². The minimum Gasteiger partial charge on any atom is -0.347 e. The van der Waals surface area contributed by atoms with Crippen molar-refractivity contribution in [3.05, 3.63) is 71.5 Å². The van der Waals surface area contributed by atoms with Gasteiger partial charge in [0.25, 0.3) is 0 Å². The Morgan fingerprint density at radius 1 is 1.00 bits per heavy atom. The second-order valence-electron chi connectivity index (χ2n) is 4.71. The Hall–Kier alpha value is -3.02. The van der Waals surface area contributed by atoms with Crippen molar-refractivity contribution in [1.29, 1.82) is 0 Å². The number of carbonyl (C=O) groups is 2. The molecule has 0 spiro atoms. The molecule has 5 nitrogen and oxygen atoms in total. The fraction of sp³-hybridized carbons (Fsp3) is 0.118. The number of nitrogens with zero attached hydrogens (tertiary/aromatic N) is 1. The smallest absolute Gasteiger partial charge is 0.329 e. The van der Waals surface area contributed by atoms with E-state index in [4.69, 9.17) is 0 Å². The molecule has 23 heavy (non-hydrogen) atoms. The average molecular weight is 313 g/mol. The summed E-state index contributed by atoms with van der Waals surface area (Å²) in [6.45, 7) is 0.341. The zero-order valence-electron chi connectivity index (χ0n) is 12.3. The lowest BCUT2D eigenvalue weighted by Crippen LogP contribution is -2.38. The Balaban J connectivity index is 1.75. The summed E-state index contributed by atoms with van der Waals surface area (Å²) >= 11 is 0. The molecule has 0 heterocycles. The quantitative estimate of drug-likeness (QED) is 0.500. The van der Waals surface area contributed by atoms with Crippen LogP contribution in [0.4, 0.5) is 4.39 Å². The van der Waals surface area contributed by atoms with E-state index in [1.54, 1.807) is 12.1 Å². The molecule has 118 valence electrons. The third-order valence-electron chi connectivity index (χ3n) is 3.02. The molecule has 0 aliphatic heterocycles. The van der Waals surface area contributed by atoms with Gasteiger partial charge >= 0.3 is 11.8 Å². The summed E-state index contributed by atoms with van der Waals surface area (Å²) in [6.07, 6.45) is 1.77. The van der Waals surface area contributed by atoms with Crippen molar-refractivity contribution in [3.63, 3.8) is 0 Å². The van der Waals surface area contributed by atoms with Crippen LogP contribution in [0.2, 0.25) is 0 Å². The monoisotopic (exact) mass is 313 g/mol. The van der Waals surface area contributed by atoms with Crippen LogP contribution in [-0.2, 0) is 16.0 Å². The maximum absolute atomic E-state index is 13.3. The zero-order chi connectivity index (χ0) is 16.5. The van der Waals surface area contributed by atoms with Gasteiger partial charge in [0.2, 0.25) is 0 Å². The molecule has 0 aliphatic carbocycles. The first-order valence-electron chi connectivity index (χ1n) is 7.06. The lowest BCUT2D eigenvalue weighted by atomic mass is 10.1. The first-order chi connectivity index (χ1) is 11.2. The zero-order valence-corrected chi connectivity index (χ0v) is 12.3. The first-order valence-corrected chi connectivity index (χ1v) is 7.06. The molecule has 0 unspecified atom stereocenters. The van der Waals surface area contributed by atoms with Crippen LogP contribution in [0.1, 0.15) is 11.1 Å². The van der Waals surface area contributed by atoms with Gasteiger partial charge in [-0.05, 0) is 18.1 Å². The number of rotatable bonds is 5. The van der Waals surface area contributed by atoms with Gasteiger partial charge in [-0.15, -0.1) is 0 Å². The molecular formula is C17H16FN3O2. The molecule has 2 amide bonds. The Kier molecular flexibility index (Phi) is 5.99. The summed E-state index contributed by atoms with van der Waals surface area (Å²) in [5.74, 6) is -2.14. The van der Waals surface area contributed by atoms with E-state index < -0.39 is 17.6 Å². The van der Waals surface area contributed by atoms with Gasteiger partial charge in [-0.3, -0.25) is 9.59 Å². The van der Waals surface area contributed by atoms with Gasteiger partial charge in [-0.2, -0.15) is 5.10 Å². The van der Waals surface area contributed by atoms with Crippen molar-refractivity contribution in [2.75, 3.05) is 6.54 Å². The van der Waals surface area contributed by atoms with E-state index in [1.807, 2.05) is 30.3 Å². The molecule has 6 heteroatoms. The molecule has 0 fully saturated rings. The van der Waals surface area contributed by atoms with Crippen LogP contribution >= 0.6 is 0 Å². The SMILES string of the molecule is O=C(NCCc1ccccc1)C(=O)N/N=C/c1ccccc1F. The summed E-state index contributed by atoms with van der Waals surface area (Å²) in [6, 6.07) is 15.6. The summed E-state index contributed by atoms with van der Waals surface area (Å²) in [4.78, 5) is 23.1. The van der Waals surface area contributed by atoms with Crippen molar-refractivity contribution in [2.45, 2.75) is 6.42 Å². The van der Waals surface area contributed by atoms with Gasteiger partial charge in [0, 0.05) is 12.1 Å². The fourth-order valence-corrected chi connectivity index (χ4v) is 1.84.